The number of para-hydroxylation sites is 1. The number of aromatic carboxylic acids is 1. The van der Waals surface area contributed by atoms with E-state index in [-0.39, 0.29) is 11.3 Å². The highest BCUT2D eigenvalue weighted by molar-refractivity contribution is 5.95. The van der Waals surface area contributed by atoms with E-state index in [9.17, 15) is 14.9 Å². The summed E-state index contributed by atoms with van der Waals surface area (Å²) < 4.78 is 0. The van der Waals surface area contributed by atoms with Crippen molar-refractivity contribution in [2.24, 2.45) is 5.92 Å². The Bertz CT molecular complexity index is 511. The molecule has 1 aliphatic rings. The number of anilines is 1. The van der Waals surface area contributed by atoms with E-state index in [1.807, 2.05) is 11.8 Å². The van der Waals surface area contributed by atoms with E-state index in [0.29, 0.717) is 18.2 Å². The van der Waals surface area contributed by atoms with Gasteiger partial charge in [0.15, 0.2) is 0 Å². The molecule has 1 aromatic carbocycles. The van der Waals surface area contributed by atoms with E-state index in [2.05, 4.69) is 0 Å². The first-order valence-electron chi connectivity index (χ1n) is 6.30. The van der Waals surface area contributed by atoms with Crippen molar-refractivity contribution >= 4 is 17.3 Å². The molecule has 0 spiro atoms. The lowest BCUT2D eigenvalue weighted by molar-refractivity contribution is -0.384. The van der Waals surface area contributed by atoms with Crippen LogP contribution in [0.5, 0.6) is 0 Å². The van der Waals surface area contributed by atoms with Gasteiger partial charge in [0.1, 0.15) is 11.3 Å². The smallest absolute Gasteiger partial charge is 0.342 e. The molecule has 6 nitrogen and oxygen atoms in total. The highest BCUT2D eigenvalue weighted by Crippen LogP contribution is 2.36. The molecule has 1 N–H and O–H groups in total. The van der Waals surface area contributed by atoms with Crippen LogP contribution in [-0.4, -0.2) is 29.1 Å². The Hall–Kier alpha value is -2.11. The van der Waals surface area contributed by atoms with Crippen molar-refractivity contribution in [3.05, 3.63) is 33.9 Å². The molecule has 0 aromatic heterocycles. The summed E-state index contributed by atoms with van der Waals surface area (Å²) in [7, 11) is 0. The third-order valence-corrected chi connectivity index (χ3v) is 3.33. The van der Waals surface area contributed by atoms with Crippen LogP contribution in [0.4, 0.5) is 11.4 Å². The van der Waals surface area contributed by atoms with E-state index in [4.69, 9.17) is 5.11 Å². The van der Waals surface area contributed by atoms with Crippen molar-refractivity contribution in [1.82, 2.24) is 0 Å². The number of carboxylic acids is 1. The van der Waals surface area contributed by atoms with Crippen LogP contribution >= 0.6 is 0 Å². The topological polar surface area (TPSA) is 83.7 Å². The van der Waals surface area contributed by atoms with Crippen molar-refractivity contribution in [3.63, 3.8) is 0 Å². The van der Waals surface area contributed by atoms with Crippen LogP contribution in [0.15, 0.2) is 18.2 Å². The summed E-state index contributed by atoms with van der Waals surface area (Å²) in [6.45, 7) is 3.29. The molecular formula is C13H16N2O4. The molecule has 0 unspecified atom stereocenters. The first-order valence-corrected chi connectivity index (χ1v) is 6.30. The molecule has 1 aromatic rings. The van der Waals surface area contributed by atoms with Crippen LogP contribution in [0.25, 0.3) is 0 Å². The van der Waals surface area contributed by atoms with Gasteiger partial charge in [0.2, 0.25) is 0 Å². The van der Waals surface area contributed by atoms with Crippen LogP contribution in [0.2, 0.25) is 0 Å². The summed E-state index contributed by atoms with van der Waals surface area (Å²) in [6.07, 6.45) is 2.28. The molecule has 1 saturated carbocycles. The first-order chi connectivity index (χ1) is 9.04. The van der Waals surface area contributed by atoms with Gasteiger partial charge in [-0.3, -0.25) is 10.1 Å². The van der Waals surface area contributed by atoms with Gasteiger partial charge in [-0.05, 0) is 37.8 Å². The number of hydrogen-bond acceptors (Lipinski definition) is 4. The summed E-state index contributed by atoms with van der Waals surface area (Å²) in [4.78, 5) is 23.6. The van der Waals surface area contributed by atoms with Gasteiger partial charge in [-0.25, -0.2) is 4.79 Å². The summed E-state index contributed by atoms with van der Waals surface area (Å²) in [5.74, 6) is -0.691. The largest absolute Gasteiger partial charge is 0.477 e. The number of benzene rings is 1. The molecular weight excluding hydrogens is 248 g/mol. The van der Waals surface area contributed by atoms with E-state index in [0.717, 1.165) is 19.4 Å². The molecule has 2 rings (SSSR count). The van der Waals surface area contributed by atoms with E-state index >= 15 is 0 Å². The van der Waals surface area contributed by atoms with Crippen molar-refractivity contribution in [2.75, 3.05) is 18.0 Å². The fourth-order valence-corrected chi connectivity index (χ4v) is 2.16. The lowest BCUT2D eigenvalue weighted by atomic mass is 10.1. The summed E-state index contributed by atoms with van der Waals surface area (Å²) in [5, 5.41) is 20.2. The molecule has 1 aliphatic carbocycles. The minimum Gasteiger partial charge on any atom is -0.477 e. The average molecular weight is 264 g/mol. The van der Waals surface area contributed by atoms with Gasteiger partial charge in [-0.15, -0.1) is 0 Å². The quantitative estimate of drug-likeness (QED) is 0.630. The fraction of sp³-hybridized carbons (Fsp3) is 0.462. The van der Waals surface area contributed by atoms with Crippen LogP contribution in [-0.2, 0) is 0 Å². The van der Waals surface area contributed by atoms with Gasteiger partial charge < -0.3 is 10.0 Å². The molecule has 102 valence electrons. The highest BCUT2D eigenvalue weighted by atomic mass is 16.6. The van der Waals surface area contributed by atoms with Crippen LogP contribution < -0.4 is 4.90 Å². The third kappa shape index (κ3) is 2.83. The maximum atomic E-state index is 11.2. The SMILES string of the molecule is CCN(CC1CC1)c1cccc(C(=O)O)c1[N+](=O)[O-]. The molecule has 0 bridgehead atoms. The number of hydrogen-bond donors (Lipinski definition) is 1. The van der Waals surface area contributed by atoms with Crippen molar-refractivity contribution in [2.45, 2.75) is 19.8 Å². The second kappa shape index (κ2) is 5.26. The zero-order chi connectivity index (χ0) is 14.0. The van der Waals surface area contributed by atoms with Gasteiger partial charge in [-0.1, -0.05) is 6.07 Å². The minimum atomic E-state index is -1.27. The zero-order valence-corrected chi connectivity index (χ0v) is 10.7. The Morgan fingerprint density at radius 2 is 2.21 bits per heavy atom. The molecule has 0 aliphatic heterocycles. The third-order valence-electron chi connectivity index (χ3n) is 3.33. The zero-order valence-electron chi connectivity index (χ0n) is 10.7. The number of carboxylic acid groups (broad SMARTS) is 1. The number of rotatable bonds is 6. The summed E-state index contributed by atoms with van der Waals surface area (Å²) >= 11 is 0. The van der Waals surface area contributed by atoms with E-state index < -0.39 is 10.9 Å². The Labute approximate surface area is 110 Å². The maximum Gasteiger partial charge on any atom is 0.342 e. The van der Waals surface area contributed by atoms with E-state index in [1.54, 1.807) is 12.1 Å². The Morgan fingerprint density at radius 3 is 2.68 bits per heavy atom. The second-order valence-corrected chi connectivity index (χ2v) is 4.72. The Kier molecular flexibility index (Phi) is 3.69. The standard InChI is InChI=1S/C13H16N2O4/c1-2-14(8-9-6-7-9)11-5-3-4-10(13(16)17)12(11)15(18)19/h3-5,9H,2,6-8H2,1H3,(H,16,17). The minimum absolute atomic E-state index is 0.253. The highest BCUT2D eigenvalue weighted by Gasteiger charge is 2.30. The van der Waals surface area contributed by atoms with Crippen molar-refractivity contribution in [1.29, 1.82) is 0 Å². The molecule has 0 atom stereocenters. The van der Waals surface area contributed by atoms with Gasteiger partial charge in [0.25, 0.3) is 0 Å². The average Bonchev–Trinajstić information content (AvgIpc) is 3.18. The van der Waals surface area contributed by atoms with Gasteiger partial charge in [0.05, 0.1) is 4.92 Å². The van der Waals surface area contributed by atoms with Crippen LogP contribution in [0, 0.1) is 16.0 Å². The Morgan fingerprint density at radius 1 is 1.53 bits per heavy atom. The van der Waals surface area contributed by atoms with Crippen molar-refractivity contribution in [3.8, 4) is 0 Å². The molecule has 19 heavy (non-hydrogen) atoms. The Balaban J connectivity index is 2.44. The lowest BCUT2D eigenvalue weighted by Gasteiger charge is -2.23. The monoisotopic (exact) mass is 264 g/mol. The maximum absolute atomic E-state index is 11.2. The lowest BCUT2D eigenvalue weighted by Crippen LogP contribution is -2.26. The summed E-state index contributed by atoms with van der Waals surface area (Å²) in [6, 6.07) is 4.45. The second-order valence-electron chi connectivity index (χ2n) is 4.72. The van der Waals surface area contributed by atoms with Crippen molar-refractivity contribution < 1.29 is 14.8 Å². The molecule has 0 saturated heterocycles. The predicted molar refractivity (Wildman–Crippen MR) is 70.7 cm³/mol. The molecule has 0 amide bonds. The fourth-order valence-electron chi connectivity index (χ4n) is 2.16. The molecule has 0 heterocycles. The van der Waals surface area contributed by atoms with Crippen LogP contribution in [0.1, 0.15) is 30.1 Å². The number of carbonyl (C=O) groups is 1. The van der Waals surface area contributed by atoms with Gasteiger partial charge >= 0.3 is 11.7 Å². The van der Waals surface area contributed by atoms with Gasteiger partial charge in [0, 0.05) is 13.1 Å². The first kappa shape index (κ1) is 13.3. The van der Waals surface area contributed by atoms with Gasteiger partial charge in [-0.2, -0.15) is 0 Å². The molecule has 0 radical (unpaired) electrons. The predicted octanol–water partition coefficient (Wildman–Crippen LogP) is 2.53. The molecule has 1 fully saturated rings. The molecule has 6 heteroatoms. The number of nitrogens with zero attached hydrogens (tertiary/aromatic N) is 2. The number of nitro groups is 1. The normalized spacial score (nSPS) is 14.2. The number of nitro benzene ring substituents is 1. The van der Waals surface area contributed by atoms with E-state index in [1.165, 1.54) is 6.07 Å². The summed E-state index contributed by atoms with van der Waals surface area (Å²) in [5.41, 5.74) is -0.159. The van der Waals surface area contributed by atoms with Crippen LogP contribution in [0.3, 0.4) is 0 Å².